The third-order valence-corrected chi connectivity index (χ3v) is 3.98. The number of nitrogens with zero attached hydrogens (tertiary/aromatic N) is 1. The van der Waals surface area contributed by atoms with Gasteiger partial charge in [0.15, 0.2) is 0 Å². The van der Waals surface area contributed by atoms with Crippen molar-refractivity contribution in [3.63, 3.8) is 0 Å². The normalized spacial score (nSPS) is 21.0. The van der Waals surface area contributed by atoms with E-state index >= 15 is 0 Å². The van der Waals surface area contributed by atoms with E-state index in [0.29, 0.717) is 6.54 Å². The average Bonchev–Trinajstić information content (AvgIpc) is 2.51. The first-order chi connectivity index (χ1) is 10.2. The van der Waals surface area contributed by atoms with E-state index < -0.39 is 5.92 Å². The number of likely N-dealkylation sites (tertiary alicyclic amines) is 1. The van der Waals surface area contributed by atoms with Gasteiger partial charge in [0.1, 0.15) is 11.7 Å². The van der Waals surface area contributed by atoms with Crippen LogP contribution in [-0.2, 0) is 16.1 Å². The van der Waals surface area contributed by atoms with Crippen molar-refractivity contribution in [3.05, 3.63) is 71.8 Å². The number of hydrogen-bond acceptors (Lipinski definition) is 2. The fourth-order valence-electron chi connectivity index (χ4n) is 2.92. The molecule has 3 heteroatoms. The fourth-order valence-corrected chi connectivity index (χ4v) is 2.92. The van der Waals surface area contributed by atoms with Crippen LogP contribution in [0.1, 0.15) is 24.1 Å². The summed E-state index contributed by atoms with van der Waals surface area (Å²) in [6, 6.07) is 19.5. The molecule has 3 rings (SSSR count). The molecule has 0 saturated carbocycles. The molecular formula is C18H17NO2. The monoisotopic (exact) mass is 279 g/mol. The molecule has 2 atom stereocenters. The van der Waals surface area contributed by atoms with Gasteiger partial charge < -0.3 is 4.90 Å². The summed E-state index contributed by atoms with van der Waals surface area (Å²) in [5.74, 6) is -0.658. The van der Waals surface area contributed by atoms with Gasteiger partial charge in [-0.05, 0) is 18.1 Å². The van der Waals surface area contributed by atoms with Gasteiger partial charge in [-0.1, -0.05) is 60.7 Å². The molecule has 1 aliphatic heterocycles. The minimum Gasteiger partial charge on any atom is -0.329 e. The molecule has 1 amide bonds. The van der Waals surface area contributed by atoms with Crippen LogP contribution in [0.2, 0.25) is 0 Å². The van der Waals surface area contributed by atoms with Crippen molar-refractivity contribution in [2.45, 2.75) is 19.5 Å². The maximum atomic E-state index is 12.3. The number of rotatable bonds is 4. The molecule has 2 aromatic carbocycles. The molecule has 106 valence electrons. The summed E-state index contributed by atoms with van der Waals surface area (Å²) in [4.78, 5) is 25.9. The van der Waals surface area contributed by atoms with Crippen LogP contribution in [-0.4, -0.2) is 16.6 Å². The summed E-state index contributed by atoms with van der Waals surface area (Å²) in [7, 11) is 0. The van der Waals surface area contributed by atoms with E-state index in [1.165, 1.54) is 6.92 Å². The van der Waals surface area contributed by atoms with E-state index in [0.717, 1.165) is 11.1 Å². The van der Waals surface area contributed by atoms with Crippen molar-refractivity contribution >= 4 is 11.7 Å². The molecule has 0 aliphatic carbocycles. The molecule has 0 N–H and O–H groups in total. The quantitative estimate of drug-likeness (QED) is 0.637. The maximum Gasteiger partial charge on any atom is 0.236 e. The zero-order valence-corrected chi connectivity index (χ0v) is 11.9. The van der Waals surface area contributed by atoms with Gasteiger partial charge in [0, 0.05) is 6.54 Å². The lowest BCUT2D eigenvalue weighted by Gasteiger charge is -2.46. The van der Waals surface area contributed by atoms with Gasteiger partial charge in [-0.2, -0.15) is 0 Å². The Labute approximate surface area is 124 Å². The molecule has 1 fully saturated rings. The predicted molar refractivity (Wildman–Crippen MR) is 80.3 cm³/mol. The van der Waals surface area contributed by atoms with E-state index in [1.54, 1.807) is 4.90 Å². The van der Waals surface area contributed by atoms with Crippen molar-refractivity contribution in [3.8, 4) is 0 Å². The van der Waals surface area contributed by atoms with Gasteiger partial charge in [0.05, 0.1) is 6.04 Å². The summed E-state index contributed by atoms with van der Waals surface area (Å²) in [5.41, 5.74) is 2.10. The second-order valence-electron chi connectivity index (χ2n) is 5.40. The summed E-state index contributed by atoms with van der Waals surface area (Å²) < 4.78 is 0. The molecular weight excluding hydrogens is 262 g/mol. The van der Waals surface area contributed by atoms with Gasteiger partial charge in [-0.15, -0.1) is 0 Å². The highest BCUT2D eigenvalue weighted by molar-refractivity contribution is 6.05. The smallest absolute Gasteiger partial charge is 0.236 e. The minimum atomic E-state index is -0.531. The van der Waals surface area contributed by atoms with Crippen LogP contribution in [0.15, 0.2) is 60.7 Å². The number of carbonyl (C=O) groups excluding carboxylic acids is 2. The van der Waals surface area contributed by atoms with Crippen molar-refractivity contribution in [2.24, 2.45) is 5.92 Å². The lowest BCUT2D eigenvalue weighted by molar-refractivity contribution is -0.162. The Bertz CT molecular complexity index is 651. The number of carbonyl (C=O) groups is 2. The van der Waals surface area contributed by atoms with Crippen molar-refractivity contribution in [1.29, 1.82) is 0 Å². The Hall–Kier alpha value is -2.42. The van der Waals surface area contributed by atoms with E-state index in [9.17, 15) is 9.59 Å². The Balaban J connectivity index is 1.88. The molecule has 0 bridgehead atoms. The molecule has 2 aromatic rings. The number of Topliss-reactive ketones (excluding diaryl/α,β-unsaturated/α-hetero) is 1. The van der Waals surface area contributed by atoms with Crippen LogP contribution in [0.4, 0.5) is 0 Å². The fraction of sp³-hybridized carbons (Fsp3) is 0.222. The average molecular weight is 279 g/mol. The van der Waals surface area contributed by atoms with Crippen molar-refractivity contribution in [2.75, 3.05) is 0 Å². The Kier molecular flexibility index (Phi) is 3.57. The second-order valence-corrected chi connectivity index (χ2v) is 5.40. The van der Waals surface area contributed by atoms with Gasteiger partial charge in [-0.3, -0.25) is 9.59 Å². The summed E-state index contributed by atoms with van der Waals surface area (Å²) >= 11 is 0. The largest absolute Gasteiger partial charge is 0.329 e. The van der Waals surface area contributed by atoms with Gasteiger partial charge in [0.25, 0.3) is 0 Å². The Morgan fingerprint density at radius 3 is 2.14 bits per heavy atom. The number of hydrogen-bond donors (Lipinski definition) is 0. The number of benzene rings is 2. The first kappa shape index (κ1) is 13.6. The highest BCUT2D eigenvalue weighted by atomic mass is 16.2. The van der Waals surface area contributed by atoms with Crippen LogP contribution < -0.4 is 0 Å². The molecule has 0 spiro atoms. The van der Waals surface area contributed by atoms with Gasteiger partial charge >= 0.3 is 0 Å². The molecule has 1 heterocycles. The van der Waals surface area contributed by atoms with Gasteiger partial charge in [0.2, 0.25) is 5.91 Å². The van der Waals surface area contributed by atoms with Crippen LogP contribution in [0, 0.1) is 5.92 Å². The molecule has 0 radical (unpaired) electrons. The number of ketones is 1. The highest BCUT2D eigenvalue weighted by Crippen LogP contribution is 2.41. The SMILES string of the molecule is CC(=O)[C@@H]1C(=O)N(Cc2ccccc2)[C@H]1c1ccccc1. The highest BCUT2D eigenvalue weighted by Gasteiger charge is 2.50. The summed E-state index contributed by atoms with van der Waals surface area (Å²) in [5, 5.41) is 0. The summed E-state index contributed by atoms with van der Waals surface area (Å²) in [6.45, 7) is 2.04. The molecule has 0 unspecified atom stereocenters. The topological polar surface area (TPSA) is 37.4 Å². The van der Waals surface area contributed by atoms with E-state index in [-0.39, 0.29) is 17.7 Å². The zero-order valence-electron chi connectivity index (χ0n) is 11.9. The van der Waals surface area contributed by atoms with Crippen LogP contribution >= 0.6 is 0 Å². The predicted octanol–water partition coefficient (Wildman–Crippen LogP) is 2.98. The molecule has 3 nitrogen and oxygen atoms in total. The Morgan fingerprint density at radius 1 is 1.00 bits per heavy atom. The first-order valence-corrected chi connectivity index (χ1v) is 7.08. The van der Waals surface area contributed by atoms with Gasteiger partial charge in [-0.25, -0.2) is 0 Å². The molecule has 21 heavy (non-hydrogen) atoms. The number of β-lactam (4-membered cyclic amide) rings is 1. The summed E-state index contributed by atoms with van der Waals surface area (Å²) in [6.07, 6.45) is 0. The van der Waals surface area contributed by atoms with E-state index in [2.05, 4.69) is 0 Å². The first-order valence-electron chi connectivity index (χ1n) is 7.08. The van der Waals surface area contributed by atoms with Crippen molar-refractivity contribution in [1.82, 2.24) is 4.90 Å². The lowest BCUT2D eigenvalue weighted by atomic mass is 9.79. The molecule has 0 aromatic heterocycles. The Morgan fingerprint density at radius 2 is 1.57 bits per heavy atom. The standard InChI is InChI=1S/C18H17NO2/c1-13(20)16-17(15-10-6-3-7-11-15)19(18(16)21)12-14-8-4-2-5-9-14/h2-11,16-17H,12H2,1H3/t16-,17-/m0/s1. The second kappa shape index (κ2) is 5.52. The third kappa shape index (κ3) is 2.47. The minimum absolute atomic E-state index is 0.0573. The van der Waals surface area contributed by atoms with Crippen LogP contribution in [0.5, 0.6) is 0 Å². The van der Waals surface area contributed by atoms with Crippen LogP contribution in [0.25, 0.3) is 0 Å². The number of amides is 1. The third-order valence-electron chi connectivity index (χ3n) is 3.98. The molecule has 1 saturated heterocycles. The lowest BCUT2D eigenvalue weighted by Crippen LogP contribution is -2.56. The zero-order chi connectivity index (χ0) is 14.8. The van der Waals surface area contributed by atoms with E-state index in [1.807, 2.05) is 60.7 Å². The van der Waals surface area contributed by atoms with E-state index in [4.69, 9.17) is 0 Å². The maximum absolute atomic E-state index is 12.3. The molecule has 1 aliphatic rings. The van der Waals surface area contributed by atoms with Crippen molar-refractivity contribution < 1.29 is 9.59 Å². The van der Waals surface area contributed by atoms with Crippen LogP contribution in [0.3, 0.4) is 0 Å².